The Balaban J connectivity index is 2.27. The molecule has 2 aliphatic rings. The fraction of sp³-hybridized carbons (Fsp3) is 0.938. The Morgan fingerprint density at radius 2 is 1.24 bits per heavy atom. The highest BCUT2D eigenvalue weighted by atomic mass is 16.7. The number of unbranched alkanes of at least 4 members (excludes halogenated alkanes) is 8. The number of carboxylic acids is 1. The number of ether oxygens (including phenoxy) is 4. The summed E-state index contributed by atoms with van der Waals surface area (Å²) in [5, 5.41) is 74.5. The van der Waals surface area contributed by atoms with Crippen LogP contribution in [0.15, 0.2) is 0 Å². The highest BCUT2D eigenvalue weighted by Crippen LogP contribution is 2.40. The van der Waals surface area contributed by atoms with Gasteiger partial charge in [0.15, 0.2) is 11.9 Å². The van der Waals surface area contributed by atoms with E-state index in [1.165, 1.54) is 13.8 Å². The van der Waals surface area contributed by atoms with Crippen LogP contribution in [0.2, 0.25) is 0 Å². The molecule has 2 fully saturated rings. The average Bonchev–Trinajstić information content (AvgIpc) is 2.98. The normalized spacial score (nSPS) is 35.1. The summed E-state index contributed by atoms with van der Waals surface area (Å²) in [6.45, 7) is 7.04. The minimum Gasteiger partial charge on any atom is -0.481 e. The lowest BCUT2D eigenvalue weighted by atomic mass is 9.77. The zero-order valence-corrected chi connectivity index (χ0v) is 27.3. The number of esters is 1. The number of rotatable bonds is 20. The van der Waals surface area contributed by atoms with Crippen molar-refractivity contribution in [1.29, 1.82) is 0 Å². The lowest BCUT2D eigenvalue weighted by Gasteiger charge is -2.54. The summed E-state index contributed by atoms with van der Waals surface area (Å²) < 4.78 is 23.2. The third-order valence-electron chi connectivity index (χ3n) is 8.97. The van der Waals surface area contributed by atoms with Crippen molar-refractivity contribution in [2.24, 2.45) is 0 Å². The monoisotopic (exact) mass is 650 g/mol. The van der Waals surface area contributed by atoms with Crippen LogP contribution in [0.25, 0.3) is 0 Å². The summed E-state index contributed by atoms with van der Waals surface area (Å²) >= 11 is 0. The molecule has 12 atom stereocenters. The van der Waals surface area contributed by atoms with Crippen LogP contribution < -0.4 is 0 Å². The SMILES string of the molecule is CCCCCCCC(CC(=O)O)OC(=O)CC(CCCCCCC)O[C@H]1O[C@@H](C)[C@H](O)[C@@H](O)[C@]1(O)[C@@H]1O[C@@H](C)[C@H](O)[C@@H](O)[C@H]1O. The molecule has 2 heterocycles. The van der Waals surface area contributed by atoms with E-state index in [-0.39, 0.29) is 12.8 Å². The van der Waals surface area contributed by atoms with Crippen molar-refractivity contribution in [3.63, 3.8) is 0 Å². The van der Waals surface area contributed by atoms with Gasteiger partial charge in [-0.25, -0.2) is 0 Å². The summed E-state index contributed by atoms with van der Waals surface area (Å²) in [5.41, 5.74) is -2.63. The van der Waals surface area contributed by atoms with E-state index >= 15 is 0 Å². The first-order valence-corrected chi connectivity index (χ1v) is 16.8. The Bertz CT molecular complexity index is 874. The second-order valence-corrected chi connectivity index (χ2v) is 12.8. The molecule has 0 bridgehead atoms. The molecule has 264 valence electrons. The molecule has 0 spiro atoms. The molecule has 2 rings (SSSR count). The molecule has 2 aliphatic heterocycles. The molecule has 0 aromatic heterocycles. The minimum absolute atomic E-state index is 0.311. The van der Waals surface area contributed by atoms with Gasteiger partial charge in [-0.3, -0.25) is 9.59 Å². The molecule has 0 aliphatic carbocycles. The fourth-order valence-corrected chi connectivity index (χ4v) is 6.09. The summed E-state index contributed by atoms with van der Waals surface area (Å²) in [5.74, 6) is -1.78. The highest BCUT2D eigenvalue weighted by Gasteiger charge is 2.64. The Kier molecular flexibility index (Phi) is 17.2. The first kappa shape index (κ1) is 39.8. The predicted molar refractivity (Wildman–Crippen MR) is 162 cm³/mol. The molecular formula is C32H58O13. The predicted octanol–water partition coefficient (Wildman–Crippen LogP) is 1.94. The maximum absolute atomic E-state index is 13.2. The molecule has 0 amide bonds. The van der Waals surface area contributed by atoms with Crippen molar-refractivity contribution in [2.45, 2.75) is 191 Å². The standard InChI is InChI=1S/C32H58O13/c1-5-7-9-11-13-15-21(17-23(33)34)44-24(35)18-22(16-14-12-10-8-6-2)45-31-32(41,29(40)26(37)20(4)43-31)30-28(39)27(38)25(36)19(3)42-30/h19-22,25-31,36-41H,5-18H2,1-4H3,(H,33,34)/t19-,20-,21?,22?,25-,26-,27+,28+,29+,30+,31+,32-/m0/s1. The van der Waals surface area contributed by atoms with E-state index in [1.54, 1.807) is 0 Å². The first-order valence-electron chi connectivity index (χ1n) is 16.8. The van der Waals surface area contributed by atoms with Gasteiger partial charge >= 0.3 is 11.9 Å². The van der Waals surface area contributed by atoms with E-state index < -0.39 is 84.9 Å². The van der Waals surface area contributed by atoms with Crippen LogP contribution in [0, 0.1) is 0 Å². The number of carbonyl (C=O) groups excluding carboxylic acids is 1. The van der Waals surface area contributed by atoms with Gasteiger partial charge in [-0.15, -0.1) is 0 Å². The second kappa shape index (κ2) is 19.4. The molecule has 0 aromatic carbocycles. The molecule has 0 radical (unpaired) electrons. The third-order valence-corrected chi connectivity index (χ3v) is 8.97. The molecule has 2 unspecified atom stereocenters. The average molecular weight is 651 g/mol. The van der Waals surface area contributed by atoms with Gasteiger partial charge in [0.2, 0.25) is 0 Å². The quantitative estimate of drug-likeness (QED) is 0.0742. The van der Waals surface area contributed by atoms with Gasteiger partial charge in [-0.2, -0.15) is 0 Å². The van der Waals surface area contributed by atoms with Gasteiger partial charge in [-0.1, -0.05) is 71.6 Å². The zero-order valence-electron chi connectivity index (χ0n) is 27.3. The van der Waals surface area contributed by atoms with Crippen LogP contribution in [-0.2, 0) is 28.5 Å². The number of aliphatic carboxylic acids is 1. The molecule has 2 saturated heterocycles. The number of hydrogen-bond acceptors (Lipinski definition) is 12. The van der Waals surface area contributed by atoms with Gasteiger partial charge < -0.3 is 54.7 Å². The molecule has 0 aromatic rings. The summed E-state index contributed by atoms with van der Waals surface area (Å²) in [7, 11) is 0. The number of aliphatic hydroxyl groups excluding tert-OH is 5. The Morgan fingerprint density at radius 1 is 0.711 bits per heavy atom. The van der Waals surface area contributed by atoms with Crippen molar-refractivity contribution in [3.05, 3.63) is 0 Å². The minimum atomic E-state index is -2.63. The van der Waals surface area contributed by atoms with Crippen LogP contribution in [0.1, 0.15) is 118 Å². The third kappa shape index (κ3) is 11.4. The maximum atomic E-state index is 13.2. The Morgan fingerprint density at radius 3 is 1.80 bits per heavy atom. The number of carbonyl (C=O) groups is 2. The van der Waals surface area contributed by atoms with Crippen molar-refractivity contribution >= 4 is 11.9 Å². The smallest absolute Gasteiger partial charge is 0.308 e. The topological polar surface area (TPSA) is 213 Å². The maximum Gasteiger partial charge on any atom is 0.308 e. The lowest BCUT2D eigenvalue weighted by molar-refractivity contribution is -0.387. The van der Waals surface area contributed by atoms with Crippen LogP contribution >= 0.6 is 0 Å². The lowest BCUT2D eigenvalue weighted by Crippen LogP contribution is -2.76. The van der Waals surface area contributed by atoms with E-state index in [1.807, 2.05) is 0 Å². The van der Waals surface area contributed by atoms with E-state index in [4.69, 9.17) is 18.9 Å². The van der Waals surface area contributed by atoms with Crippen molar-refractivity contribution in [3.8, 4) is 0 Å². The molecule has 0 saturated carbocycles. The number of hydrogen-bond donors (Lipinski definition) is 7. The number of aliphatic hydroxyl groups is 6. The van der Waals surface area contributed by atoms with E-state index in [0.717, 1.165) is 51.4 Å². The van der Waals surface area contributed by atoms with Gasteiger partial charge in [0.1, 0.15) is 42.7 Å². The Hall–Kier alpha value is -1.42. The Labute approximate surface area is 266 Å². The van der Waals surface area contributed by atoms with Crippen molar-refractivity contribution < 1.29 is 64.3 Å². The summed E-state index contributed by atoms with van der Waals surface area (Å²) in [6.07, 6.45) is -6.72. The summed E-state index contributed by atoms with van der Waals surface area (Å²) in [4.78, 5) is 24.6. The first-order chi connectivity index (χ1) is 21.3. The van der Waals surface area contributed by atoms with Crippen LogP contribution in [0.3, 0.4) is 0 Å². The van der Waals surface area contributed by atoms with Crippen LogP contribution in [0.5, 0.6) is 0 Å². The second-order valence-electron chi connectivity index (χ2n) is 12.8. The molecule has 13 heteroatoms. The zero-order chi connectivity index (χ0) is 33.7. The highest BCUT2D eigenvalue weighted by molar-refractivity contribution is 5.72. The van der Waals surface area contributed by atoms with Crippen molar-refractivity contribution in [1.82, 2.24) is 0 Å². The largest absolute Gasteiger partial charge is 0.481 e. The van der Waals surface area contributed by atoms with E-state index in [9.17, 15) is 45.3 Å². The summed E-state index contributed by atoms with van der Waals surface area (Å²) in [6, 6.07) is 0. The van der Waals surface area contributed by atoms with Gasteiger partial charge in [0.05, 0.1) is 31.2 Å². The molecular weight excluding hydrogens is 592 g/mol. The molecule has 7 N–H and O–H groups in total. The van der Waals surface area contributed by atoms with Gasteiger partial charge in [0.25, 0.3) is 0 Å². The molecule has 13 nitrogen and oxygen atoms in total. The molecule has 45 heavy (non-hydrogen) atoms. The van der Waals surface area contributed by atoms with Gasteiger partial charge in [0, 0.05) is 0 Å². The number of carboxylic acid groups (broad SMARTS) is 1. The fourth-order valence-electron chi connectivity index (χ4n) is 6.09. The van der Waals surface area contributed by atoms with Crippen LogP contribution in [0.4, 0.5) is 0 Å². The van der Waals surface area contributed by atoms with E-state index in [2.05, 4.69) is 13.8 Å². The van der Waals surface area contributed by atoms with Crippen molar-refractivity contribution in [2.75, 3.05) is 0 Å². The van der Waals surface area contributed by atoms with E-state index in [0.29, 0.717) is 25.7 Å². The van der Waals surface area contributed by atoms with Gasteiger partial charge in [-0.05, 0) is 33.1 Å². The van der Waals surface area contributed by atoms with Crippen LogP contribution in [-0.4, -0.2) is 121 Å².